The van der Waals surface area contributed by atoms with E-state index in [1.54, 1.807) is 6.07 Å². The molecular weight excluding hydrogens is 445 g/mol. The number of fused-ring (bicyclic) bond motifs is 3. The third-order valence-corrected chi connectivity index (χ3v) is 7.51. The quantitative estimate of drug-likeness (QED) is 0.593. The van der Waals surface area contributed by atoms with Crippen LogP contribution in [0.4, 0.5) is 10.1 Å². The number of amides is 1. The second-order valence-electron chi connectivity index (χ2n) is 10.1. The van der Waals surface area contributed by atoms with Crippen LogP contribution in [0, 0.1) is 12.7 Å². The Kier molecular flexibility index (Phi) is 5.56. The van der Waals surface area contributed by atoms with Crippen LogP contribution in [0.3, 0.4) is 0 Å². The maximum atomic E-state index is 15.1. The first-order valence-corrected chi connectivity index (χ1v) is 12.6. The van der Waals surface area contributed by atoms with Crippen LogP contribution >= 0.6 is 0 Å². The number of pyridine rings is 2. The van der Waals surface area contributed by atoms with Crippen LogP contribution in [-0.2, 0) is 19.4 Å². The number of rotatable bonds is 5. The predicted molar refractivity (Wildman–Crippen MR) is 134 cm³/mol. The average Bonchev–Trinajstić information content (AvgIpc) is 3.51. The molecule has 0 bridgehead atoms. The standard InChI is InChI=1S/C27H30FN5O2/c1-16-24(8-7-22(29-16)27(35)30-18-5-6-18)33-11-9-32(10-12-33)15-17-13-21(28)25-19-3-2-4-20(19)26(34)31-23(25)14-17/h7-8,13-14,18H,2-6,9-12,15H2,1H3,(H,30,35)(H,31,34). The lowest BCUT2D eigenvalue weighted by molar-refractivity contribution is 0.0946. The Morgan fingerprint density at radius 3 is 2.66 bits per heavy atom. The van der Waals surface area contributed by atoms with Gasteiger partial charge in [0.25, 0.3) is 11.5 Å². The summed E-state index contributed by atoms with van der Waals surface area (Å²) in [7, 11) is 0. The second-order valence-corrected chi connectivity index (χ2v) is 10.1. The van der Waals surface area contributed by atoms with E-state index in [0.29, 0.717) is 29.2 Å². The van der Waals surface area contributed by atoms with Crippen molar-refractivity contribution in [3.8, 4) is 0 Å². The second kappa shape index (κ2) is 8.75. The molecule has 1 saturated carbocycles. The molecule has 35 heavy (non-hydrogen) atoms. The Bertz CT molecular complexity index is 1370. The summed E-state index contributed by atoms with van der Waals surface area (Å²) in [6.07, 6.45) is 4.53. The zero-order valence-electron chi connectivity index (χ0n) is 20.0. The number of aryl methyl sites for hydroxylation is 2. The van der Waals surface area contributed by atoms with E-state index in [4.69, 9.17) is 0 Å². The van der Waals surface area contributed by atoms with Gasteiger partial charge in [-0.05, 0) is 74.4 Å². The van der Waals surface area contributed by atoms with Gasteiger partial charge >= 0.3 is 0 Å². The van der Waals surface area contributed by atoms with Crippen molar-refractivity contribution in [3.63, 3.8) is 0 Å². The average molecular weight is 476 g/mol. The molecule has 3 aromatic rings. The number of hydrogen-bond acceptors (Lipinski definition) is 5. The predicted octanol–water partition coefficient (Wildman–Crippen LogP) is 3.07. The van der Waals surface area contributed by atoms with Gasteiger partial charge in [-0.3, -0.25) is 14.5 Å². The highest BCUT2D eigenvalue weighted by Crippen LogP contribution is 2.30. The van der Waals surface area contributed by atoms with Gasteiger partial charge in [0, 0.05) is 49.7 Å². The molecular formula is C27H30FN5O2. The van der Waals surface area contributed by atoms with Crippen LogP contribution in [-0.4, -0.2) is 53.0 Å². The molecule has 2 N–H and O–H groups in total. The Morgan fingerprint density at radius 1 is 1.14 bits per heavy atom. The molecule has 2 aromatic heterocycles. The summed E-state index contributed by atoms with van der Waals surface area (Å²) in [5, 5.41) is 3.57. The molecule has 182 valence electrons. The highest BCUT2D eigenvalue weighted by Gasteiger charge is 2.26. The fraction of sp³-hybridized carbons (Fsp3) is 0.444. The number of halogens is 1. The number of anilines is 1. The van der Waals surface area contributed by atoms with E-state index in [9.17, 15) is 9.59 Å². The first kappa shape index (κ1) is 22.2. The van der Waals surface area contributed by atoms with Gasteiger partial charge in [0.15, 0.2) is 0 Å². The zero-order chi connectivity index (χ0) is 24.1. The number of aromatic nitrogens is 2. The number of hydrogen-bond donors (Lipinski definition) is 2. The van der Waals surface area contributed by atoms with Crippen molar-refractivity contribution < 1.29 is 9.18 Å². The van der Waals surface area contributed by atoms with Crippen LogP contribution in [0.5, 0.6) is 0 Å². The number of carbonyl (C=O) groups excluding carboxylic acids is 1. The van der Waals surface area contributed by atoms with Crippen LogP contribution in [0.25, 0.3) is 10.9 Å². The number of H-pyrrole nitrogens is 1. The van der Waals surface area contributed by atoms with Crippen LogP contribution < -0.4 is 15.8 Å². The normalized spacial score (nSPS) is 18.2. The summed E-state index contributed by atoms with van der Waals surface area (Å²) in [5.74, 6) is -0.334. The molecule has 6 rings (SSSR count). The summed E-state index contributed by atoms with van der Waals surface area (Å²) in [6, 6.07) is 7.68. The first-order chi connectivity index (χ1) is 17.0. The minimum atomic E-state index is -0.238. The van der Waals surface area contributed by atoms with E-state index in [1.165, 1.54) is 0 Å². The lowest BCUT2D eigenvalue weighted by Gasteiger charge is -2.36. The molecule has 8 heteroatoms. The van der Waals surface area contributed by atoms with E-state index in [-0.39, 0.29) is 17.3 Å². The lowest BCUT2D eigenvalue weighted by Crippen LogP contribution is -2.46. The van der Waals surface area contributed by atoms with E-state index in [1.807, 2.05) is 25.1 Å². The van der Waals surface area contributed by atoms with Crippen LogP contribution in [0.2, 0.25) is 0 Å². The van der Waals surface area contributed by atoms with Crippen molar-refractivity contribution in [1.29, 1.82) is 0 Å². The van der Waals surface area contributed by atoms with Gasteiger partial charge in [-0.2, -0.15) is 0 Å². The van der Waals surface area contributed by atoms with Gasteiger partial charge in [0.05, 0.1) is 16.9 Å². The Hall–Kier alpha value is -3.26. The fourth-order valence-corrected chi connectivity index (χ4v) is 5.53. The molecule has 1 aromatic carbocycles. The van der Waals surface area contributed by atoms with E-state index in [0.717, 1.165) is 86.4 Å². The summed E-state index contributed by atoms with van der Waals surface area (Å²) < 4.78 is 15.1. The number of aromatic amines is 1. The minimum absolute atomic E-state index is 0.0739. The van der Waals surface area contributed by atoms with E-state index >= 15 is 4.39 Å². The molecule has 0 atom stereocenters. The monoisotopic (exact) mass is 475 g/mol. The largest absolute Gasteiger partial charge is 0.368 e. The molecule has 3 heterocycles. The first-order valence-electron chi connectivity index (χ1n) is 12.6. The number of piperazine rings is 1. The summed E-state index contributed by atoms with van der Waals surface area (Å²) in [6.45, 7) is 5.92. The molecule has 7 nitrogen and oxygen atoms in total. The molecule has 1 amide bonds. The molecule has 1 aliphatic heterocycles. The topological polar surface area (TPSA) is 81.3 Å². The van der Waals surface area contributed by atoms with Gasteiger partial charge in [0.2, 0.25) is 0 Å². The third kappa shape index (κ3) is 4.31. The van der Waals surface area contributed by atoms with Gasteiger partial charge in [-0.25, -0.2) is 9.37 Å². The molecule has 0 unspecified atom stereocenters. The molecule has 1 saturated heterocycles. The number of nitrogens with one attached hydrogen (secondary N) is 2. The van der Waals surface area contributed by atoms with Crippen molar-refractivity contribution in [2.45, 2.75) is 51.6 Å². The van der Waals surface area contributed by atoms with Crippen LogP contribution in [0.15, 0.2) is 29.1 Å². The number of carbonyl (C=O) groups is 1. The van der Waals surface area contributed by atoms with Crippen LogP contribution in [0.1, 0.15) is 52.1 Å². The highest BCUT2D eigenvalue weighted by molar-refractivity contribution is 5.93. The minimum Gasteiger partial charge on any atom is -0.368 e. The number of nitrogens with zero attached hydrogens (tertiary/aromatic N) is 3. The van der Waals surface area contributed by atoms with Gasteiger partial charge in [-0.15, -0.1) is 0 Å². The van der Waals surface area contributed by atoms with Crippen molar-refractivity contribution >= 4 is 22.5 Å². The van der Waals surface area contributed by atoms with Crippen molar-refractivity contribution in [2.24, 2.45) is 0 Å². The van der Waals surface area contributed by atoms with E-state index < -0.39 is 0 Å². The van der Waals surface area contributed by atoms with Gasteiger partial charge in [-0.1, -0.05) is 0 Å². The molecule has 2 aliphatic carbocycles. The number of benzene rings is 1. The third-order valence-electron chi connectivity index (χ3n) is 7.51. The summed E-state index contributed by atoms with van der Waals surface area (Å²) in [4.78, 5) is 36.8. The summed E-state index contributed by atoms with van der Waals surface area (Å²) in [5.41, 5.74) is 5.43. The Balaban J connectivity index is 1.13. The highest BCUT2D eigenvalue weighted by atomic mass is 19.1. The SMILES string of the molecule is Cc1nc(C(=O)NC2CC2)ccc1N1CCN(Cc2cc(F)c3c4c(c(=O)[nH]c3c2)CCC4)CC1. The summed E-state index contributed by atoms with van der Waals surface area (Å²) >= 11 is 0. The maximum absolute atomic E-state index is 15.1. The Morgan fingerprint density at radius 2 is 1.91 bits per heavy atom. The smallest absolute Gasteiger partial charge is 0.270 e. The van der Waals surface area contributed by atoms with Crippen molar-refractivity contribution in [1.82, 2.24) is 20.2 Å². The molecule has 2 fully saturated rings. The fourth-order valence-electron chi connectivity index (χ4n) is 5.53. The zero-order valence-corrected chi connectivity index (χ0v) is 20.0. The van der Waals surface area contributed by atoms with Crippen molar-refractivity contribution in [2.75, 3.05) is 31.1 Å². The molecule has 0 spiro atoms. The van der Waals surface area contributed by atoms with Gasteiger partial charge < -0.3 is 15.2 Å². The van der Waals surface area contributed by atoms with Gasteiger partial charge in [0.1, 0.15) is 11.5 Å². The molecule has 0 radical (unpaired) electrons. The Labute approximate surface area is 203 Å². The molecule has 3 aliphatic rings. The maximum Gasteiger partial charge on any atom is 0.270 e. The lowest BCUT2D eigenvalue weighted by atomic mass is 10.0. The van der Waals surface area contributed by atoms with Crippen molar-refractivity contribution in [3.05, 3.63) is 68.5 Å². The van der Waals surface area contributed by atoms with E-state index in [2.05, 4.69) is 25.1 Å².